The molecular formula is C13H17ClN2O2. The van der Waals surface area contributed by atoms with E-state index in [9.17, 15) is 4.79 Å². The first-order valence-corrected chi connectivity index (χ1v) is 6.45. The van der Waals surface area contributed by atoms with E-state index in [1.807, 2.05) is 13.0 Å². The van der Waals surface area contributed by atoms with Gasteiger partial charge in [-0.1, -0.05) is 17.7 Å². The van der Waals surface area contributed by atoms with Crippen LogP contribution in [0.15, 0.2) is 18.2 Å². The molecule has 1 aliphatic rings. The summed E-state index contributed by atoms with van der Waals surface area (Å²) in [5, 5.41) is 12.5. The summed E-state index contributed by atoms with van der Waals surface area (Å²) in [4.78, 5) is 13.8. The number of carbonyl (C=O) groups is 1. The normalized spacial score (nSPS) is 14.4. The first-order valence-electron chi connectivity index (χ1n) is 6.07. The third-order valence-corrected chi connectivity index (χ3v) is 3.51. The van der Waals surface area contributed by atoms with Crippen LogP contribution in [-0.2, 0) is 0 Å². The molecule has 2 rings (SSSR count). The monoisotopic (exact) mass is 268 g/mol. The number of aliphatic hydroxyl groups excluding tert-OH is 1. The predicted molar refractivity (Wildman–Crippen MR) is 72.0 cm³/mol. The van der Waals surface area contributed by atoms with Crippen LogP contribution in [0.25, 0.3) is 0 Å². The number of urea groups is 1. The van der Waals surface area contributed by atoms with Crippen molar-refractivity contribution in [3.05, 3.63) is 28.8 Å². The standard InChI is InChI=1S/C13H17ClN2O2/c1-9-11(14)3-2-4-12(9)15-13(18)16(7-8-17)10-5-6-10/h2-4,10,17H,5-8H2,1H3,(H,15,18). The zero-order valence-electron chi connectivity index (χ0n) is 10.3. The zero-order chi connectivity index (χ0) is 13.1. The number of rotatable bonds is 4. The minimum absolute atomic E-state index is 0.0154. The fourth-order valence-corrected chi connectivity index (χ4v) is 2.05. The van der Waals surface area contributed by atoms with Crippen molar-refractivity contribution in [1.29, 1.82) is 0 Å². The Labute approximate surface area is 112 Å². The molecule has 1 aliphatic carbocycles. The van der Waals surface area contributed by atoms with Gasteiger partial charge in [0.15, 0.2) is 0 Å². The Bertz CT molecular complexity index is 447. The Hall–Kier alpha value is -1.26. The van der Waals surface area contributed by atoms with E-state index >= 15 is 0 Å². The van der Waals surface area contributed by atoms with Crippen molar-refractivity contribution in [2.75, 3.05) is 18.5 Å². The molecule has 98 valence electrons. The molecule has 1 aromatic carbocycles. The van der Waals surface area contributed by atoms with E-state index < -0.39 is 0 Å². The molecule has 1 fully saturated rings. The zero-order valence-corrected chi connectivity index (χ0v) is 11.1. The van der Waals surface area contributed by atoms with E-state index in [2.05, 4.69) is 5.32 Å². The SMILES string of the molecule is Cc1c(Cl)cccc1NC(=O)N(CCO)C1CC1. The number of anilines is 1. The molecule has 0 aliphatic heterocycles. The van der Waals surface area contributed by atoms with Crippen LogP contribution in [-0.4, -0.2) is 35.2 Å². The summed E-state index contributed by atoms with van der Waals surface area (Å²) in [5.41, 5.74) is 1.57. The van der Waals surface area contributed by atoms with Crippen LogP contribution in [0.2, 0.25) is 5.02 Å². The molecule has 0 aromatic heterocycles. The lowest BCUT2D eigenvalue weighted by atomic mass is 10.2. The predicted octanol–water partition coefficient (Wildman–Crippen LogP) is 2.64. The van der Waals surface area contributed by atoms with Gasteiger partial charge in [0, 0.05) is 23.3 Å². The second-order valence-corrected chi connectivity index (χ2v) is 4.90. The minimum Gasteiger partial charge on any atom is -0.395 e. The highest BCUT2D eigenvalue weighted by Gasteiger charge is 2.32. The van der Waals surface area contributed by atoms with Gasteiger partial charge in [0.25, 0.3) is 0 Å². The molecular weight excluding hydrogens is 252 g/mol. The van der Waals surface area contributed by atoms with Gasteiger partial charge in [0.1, 0.15) is 0 Å². The quantitative estimate of drug-likeness (QED) is 0.882. The molecule has 0 bridgehead atoms. The van der Waals surface area contributed by atoms with Crippen molar-refractivity contribution in [1.82, 2.24) is 4.90 Å². The number of hydrogen-bond acceptors (Lipinski definition) is 2. The molecule has 0 heterocycles. The third kappa shape index (κ3) is 2.94. The Morgan fingerprint density at radius 3 is 2.89 bits per heavy atom. The van der Waals surface area contributed by atoms with Gasteiger partial charge in [0.05, 0.1) is 6.61 Å². The lowest BCUT2D eigenvalue weighted by molar-refractivity contribution is 0.185. The van der Waals surface area contributed by atoms with E-state index in [0.717, 1.165) is 24.1 Å². The van der Waals surface area contributed by atoms with Crippen LogP contribution in [0.4, 0.5) is 10.5 Å². The number of benzene rings is 1. The van der Waals surface area contributed by atoms with E-state index in [0.29, 0.717) is 11.6 Å². The Morgan fingerprint density at radius 1 is 1.56 bits per heavy atom. The molecule has 18 heavy (non-hydrogen) atoms. The number of halogens is 1. The van der Waals surface area contributed by atoms with Gasteiger partial charge in [0.2, 0.25) is 0 Å². The summed E-state index contributed by atoms with van der Waals surface area (Å²) in [6.07, 6.45) is 2.03. The Kier molecular flexibility index (Phi) is 4.09. The van der Waals surface area contributed by atoms with Crippen molar-refractivity contribution >= 4 is 23.3 Å². The van der Waals surface area contributed by atoms with E-state index in [1.54, 1.807) is 17.0 Å². The Balaban J connectivity index is 2.07. The summed E-state index contributed by atoms with van der Waals surface area (Å²) >= 11 is 6.01. The highest BCUT2D eigenvalue weighted by atomic mass is 35.5. The summed E-state index contributed by atoms with van der Waals surface area (Å²) in [6, 6.07) is 5.52. The van der Waals surface area contributed by atoms with E-state index in [-0.39, 0.29) is 18.7 Å². The van der Waals surface area contributed by atoms with Crippen LogP contribution in [0, 0.1) is 6.92 Å². The number of hydrogen-bond donors (Lipinski definition) is 2. The number of nitrogens with zero attached hydrogens (tertiary/aromatic N) is 1. The van der Waals surface area contributed by atoms with Gasteiger partial charge < -0.3 is 15.3 Å². The summed E-state index contributed by atoms with van der Waals surface area (Å²) in [7, 11) is 0. The summed E-state index contributed by atoms with van der Waals surface area (Å²) in [5.74, 6) is 0. The largest absolute Gasteiger partial charge is 0.395 e. The van der Waals surface area contributed by atoms with Gasteiger partial charge in [-0.3, -0.25) is 0 Å². The molecule has 4 nitrogen and oxygen atoms in total. The van der Waals surface area contributed by atoms with E-state index in [4.69, 9.17) is 16.7 Å². The molecule has 0 spiro atoms. The molecule has 1 aromatic rings. The summed E-state index contributed by atoms with van der Waals surface area (Å²) < 4.78 is 0. The topological polar surface area (TPSA) is 52.6 Å². The van der Waals surface area contributed by atoms with Gasteiger partial charge in [-0.25, -0.2) is 4.79 Å². The fourth-order valence-electron chi connectivity index (χ4n) is 1.87. The van der Waals surface area contributed by atoms with Crippen LogP contribution in [0.3, 0.4) is 0 Å². The molecule has 1 saturated carbocycles. The number of nitrogens with one attached hydrogen (secondary N) is 1. The highest BCUT2D eigenvalue weighted by Crippen LogP contribution is 2.28. The maximum atomic E-state index is 12.1. The smallest absolute Gasteiger partial charge is 0.322 e. The van der Waals surface area contributed by atoms with Gasteiger partial charge in [-0.05, 0) is 37.5 Å². The number of amides is 2. The van der Waals surface area contributed by atoms with Crippen molar-refractivity contribution in [3.8, 4) is 0 Å². The van der Waals surface area contributed by atoms with Crippen molar-refractivity contribution in [3.63, 3.8) is 0 Å². The molecule has 0 unspecified atom stereocenters. The minimum atomic E-state index is -0.170. The third-order valence-electron chi connectivity index (χ3n) is 3.10. The van der Waals surface area contributed by atoms with Crippen molar-refractivity contribution < 1.29 is 9.90 Å². The van der Waals surface area contributed by atoms with Crippen LogP contribution in [0.1, 0.15) is 18.4 Å². The molecule has 5 heteroatoms. The number of carbonyl (C=O) groups excluding carboxylic acids is 1. The van der Waals surface area contributed by atoms with Crippen molar-refractivity contribution in [2.24, 2.45) is 0 Å². The van der Waals surface area contributed by atoms with Crippen LogP contribution >= 0.6 is 11.6 Å². The highest BCUT2D eigenvalue weighted by molar-refractivity contribution is 6.31. The second-order valence-electron chi connectivity index (χ2n) is 4.49. The van der Waals surface area contributed by atoms with Crippen molar-refractivity contribution in [2.45, 2.75) is 25.8 Å². The molecule has 0 atom stereocenters. The second kappa shape index (κ2) is 5.59. The Morgan fingerprint density at radius 2 is 2.28 bits per heavy atom. The van der Waals surface area contributed by atoms with Gasteiger partial charge in [-0.2, -0.15) is 0 Å². The molecule has 2 N–H and O–H groups in total. The first kappa shape index (κ1) is 13.2. The van der Waals surface area contributed by atoms with Gasteiger partial charge in [-0.15, -0.1) is 0 Å². The van der Waals surface area contributed by atoms with Gasteiger partial charge >= 0.3 is 6.03 Å². The maximum Gasteiger partial charge on any atom is 0.322 e. The number of aliphatic hydroxyl groups is 1. The average Bonchev–Trinajstić information content (AvgIpc) is 3.16. The summed E-state index contributed by atoms with van der Waals surface area (Å²) in [6.45, 7) is 2.22. The fraction of sp³-hybridized carbons (Fsp3) is 0.462. The lowest BCUT2D eigenvalue weighted by Crippen LogP contribution is -2.38. The first-order chi connectivity index (χ1) is 8.63. The molecule has 0 radical (unpaired) electrons. The van der Waals surface area contributed by atoms with E-state index in [1.165, 1.54) is 0 Å². The lowest BCUT2D eigenvalue weighted by Gasteiger charge is -2.22. The molecule has 2 amide bonds. The van der Waals surface area contributed by atoms with Crippen LogP contribution < -0.4 is 5.32 Å². The maximum absolute atomic E-state index is 12.1. The molecule has 0 saturated heterocycles. The average molecular weight is 269 g/mol. The van der Waals surface area contributed by atoms with Crippen LogP contribution in [0.5, 0.6) is 0 Å².